The zero-order chi connectivity index (χ0) is 19.6. The Bertz CT molecular complexity index is 892. The minimum absolute atomic E-state index is 0.234. The summed E-state index contributed by atoms with van der Waals surface area (Å²) in [5, 5.41) is 4.02. The van der Waals surface area contributed by atoms with Gasteiger partial charge in [0.2, 0.25) is 0 Å². The molecule has 1 aliphatic rings. The predicted octanol–water partition coefficient (Wildman–Crippen LogP) is 5.10. The normalized spacial score (nSPS) is 17.0. The van der Waals surface area contributed by atoms with E-state index in [0.717, 1.165) is 5.56 Å². The van der Waals surface area contributed by atoms with Crippen molar-refractivity contribution >= 4 is 40.9 Å². The number of amides is 2. The maximum Gasteiger partial charge on any atom is 0.338 e. The Morgan fingerprint density at radius 3 is 2.19 bits per heavy atom. The van der Waals surface area contributed by atoms with Gasteiger partial charge < -0.3 is 10.1 Å². The van der Waals surface area contributed by atoms with Crippen molar-refractivity contribution in [3.63, 3.8) is 0 Å². The summed E-state index contributed by atoms with van der Waals surface area (Å²) in [5.74, 6) is -0.478. The molecule has 1 heterocycles. The Balaban J connectivity index is 2.11. The molecule has 1 N–H and O–H groups in total. The van der Waals surface area contributed by atoms with E-state index in [9.17, 15) is 9.59 Å². The first-order valence-electron chi connectivity index (χ1n) is 8.42. The van der Waals surface area contributed by atoms with E-state index in [1.165, 1.54) is 4.90 Å². The van der Waals surface area contributed by atoms with E-state index < -0.39 is 12.0 Å². The Hall–Kier alpha value is -2.50. The SMILES string of the molecule is CCOC(=O)C1=C(C)N(c2ccc(Cl)cc2)C(=O)NC1c1ccc(Cl)cc1. The fourth-order valence-corrected chi connectivity index (χ4v) is 3.27. The van der Waals surface area contributed by atoms with Crippen molar-refractivity contribution < 1.29 is 14.3 Å². The van der Waals surface area contributed by atoms with Gasteiger partial charge in [0.15, 0.2) is 0 Å². The van der Waals surface area contributed by atoms with Gasteiger partial charge in [-0.15, -0.1) is 0 Å². The minimum Gasteiger partial charge on any atom is -0.463 e. The minimum atomic E-state index is -0.627. The number of hydrogen-bond donors (Lipinski definition) is 1. The number of nitrogens with one attached hydrogen (secondary N) is 1. The van der Waals surface area contributed by atoms with E-state index in [1.807, 2.05) is 0 Å². The number of anilines is 1. The molecule has 5 nitrogen and oxygen atoms in total. The van der Waals surface area contributed by atoms with Crippen LogP contribution >= 0.6 is 23.2 Å². The van der Waals surface area contributed by atoms with E-state index >= 15 is 0 Å². The van der Waals surface area contributed by atoms with Gasteiger partial charge in [-0.05, 0) is 55.8 Å². The highest BCUT2D eigenvalue weighted by Crippen LogP contribution is 2.34. The average Bonchev–Trinajstić information content (AvgIpc) is 2.63. The van der Waals surface area contributed by atoms with Crippen molar-refractivity contribution in [3.8, 4) is 0 Å². The maximum atomic E-state index is 12.8. The van der Waals surface area contributed by atoms with Crippen LogP contribution in [0.2, 0.25) is 10.0 Å². The zero-order valence-electron chi connectivity index (χ0n) is 14.8. The van der Waals surface area contributed by atoms with E-state index in [0.29, 0.717) is 27.0 Å². The van der Waals surface area contributed by atoms with Crippen LogP contribution in [-0.4, -0.2) is 18.6 Å². The smallest absolute Gasteiger partial charge is 0.338 e. The molecular formula is C20H18Cl2N2O3. The second kappa shape index (κ2) is 8.03. The summed E-state index contributed by atoms with van der Waals surface area (Å²) in [6.07, 6.45) is 0. The molecular weight excluding hydrogens is 387 g/mol. The molecule has 1 unspecified atom stereocenters. The predicted molar refractivity (Wildman–Crippen MR) is 106 cm³/mol. The summed E-state index contributed by atoms with van der Waals surface area (Å²) in [7, 11) is 0. The lowest BCUT2D eigenvalue weighted by atomic mass is 9.94. The van der Waals surface area contributed by atoms with Crippen molar-refractivity contribution in [2.24, 2.45) is 0 Å². The molecule has 3 rings (SSSR count). The lowest BCUT2D eigenvalue weighted by Crippen LogP contribution is -2.48. The van der Waals surface area contributed by atoms with Crippen LogP contribution in [0.3, 0.4) is 0 Å². The first-order valence-corrected chi connectivity index (χ1v) is 9.17. The van der Waals surface area contributed by atoms with Gasteiger partial charge in [-0.2, -0.15) is 0 Å². The monoisotopic (exact) mass is 404 g/mol. The van der Waals surface area contributed by atoms with Gasteiger partial charge in [-0.25, -0.2) is 9.59 Å². The number of ether oxygens (including phenoxy) is 1. The lowest BCUT2D eigenvalue weighted by Gasteiger charge is -2.35. The molecule has 0 aromatic heterocycles. The van der Waals surface area contributed by atoms with Gasteiger partial charge in [-0.1, -0.05) is 35.3 Å². The number of carbonyl (C=O) groups is 2. The quantitative estimate of drug-likeness (QED) is 0.720. The Morgan fingerprint density at radius 2 is 1.63 bits per heavy atom. The van der Waals surface area contributed by atoms with Crippen LogP contribution in [0.1, 0.15) is 25.5 Å². The fraction of sp³-hybridized carbons (Fsp3) is 0.200. The molecule has 1 atom stereocenters. The molecule has 2 aromatic carbocycles. The highest BCUT2D eigenvalue weighted by Gasteiger charge is 2.37. The molecule has 0 bridgehead atoms. The third-order valence-corrected chi connectivity index (χ3v) is 4.77. The zero-order valence-corrected chi connectivity index (χ0v) is 16.3. The number of urea groups is 1. The summed E-state index contributed by atoms with van der Waals surface area (Å²) in [6, 6.07) is 12.8. The van der Waals surface area contributed by atoms with Crippen LogP contribution < -0.4 is 10.2 Å². The van der Waals surface area contributed by atoms with Crippen LogP contribution in [0, 0.1) is 0 Å². The topological polar surface area (TPSA) is 58.6 Å². The number of carbonyl (C=O) groups excluding carboxylic acids is 2. The molecule has 1 aliphatic heterocycles. The van der Waals surface area contributed by atoms with Gasteiger partial charge in [0.05, 0.1) is 23.9 Å². The Kier molecular flexibility index (Phi) is 5.73. The van der Waals surface area contributed by atoms with Crippen LogP contribution in [0.5, 0.6) is 0 Å². The lowest BCUT2D eigenvalue weighted by molar-refractivity contribution is -0.139. The second-order valence-electron chi connectivity index (χ2n) is 5.97. The number of rotatable bonds is 4. The standard InChI is InChI=1S/C20H18Cl2N2O3/c1-3-27-19(25)17-12(2)24(16-10-8-15(22)9-11-16)20(26)23-18(17)13-4-6-14(21)7-5-13/h4-11,18H,3H2,1-2H3,(H,23,26). The van der Waals surface area contributed by atoms with Gasteiger partial charge in [0.25, 0.3) is 0 Å². The number of nitrogens with zero attached hydrogens (tertiary/aromatic N) is 1. The van der Waals surface area contributed by atoms with Gasteiger partial charge in [0.1, 0.15) is 0 Å². The molecule has 0 spiro atoms. The van der Waals surface area contributed by atoms with Crippen molar-refractivity contribution in [2.45, 2.75) is 19.9 Å². The summed E-state index contributed by atoms with van der Waals surface area (Å²) in [5.41, 5.74) is 2.21. The highest BCUT2D eigenvalue weighted by atomic mass is 35.5. The molecule has 27 heavy (non-hydrogen) atoms. The van der Waals surface area contributed by atoms with Crippen LogP contribution in [0.25, 0.3) is 0 Å². The molecule has 7 heteroatoms. The number of esters is 1. The highest BCUT2D eigenvalue weighted by molar-refractivity contribution is 6.30. The third kappa shape index (κ3) is 3.94. The molecule has 0 saturated heterocycles. The van der Waals surface area contributed by atoms with Crippen molar-refractivity contribution in [1.82, 2.24) is 5.32 Å². The molecule has 140 valence electrons. The van der Waals surface area contributed by atoms with Crippen LogP contribution in [0.4, 0.5) is 10.5 Å². The van der Waals surface area contributed by atoms with Crippen molar-refractivity contribution in [3.05, 3.63) is 75.4 Å². The molecule has 2 amide bonds. The first-order chi connectivity index (χ1) is 12.9. The molecule has 2 aromatic rings. The summed E-state index contributed by atoms with van der Waals surface area (Å²) in [4.78, 5) is 27.0. The maximum absolute atomic E-state index is 12.8. The van der Waals surface area contributed by atoms with E-state index in [2.05, 4.69) is 5.32 Å². The molecule has 0 radical (unpaired) electrons. The average molecular weight is 405 g/mol. The number of hydrogen-bond acceptors (Lipinski definition) is 3. The Labute approximate surface area is 167 Å². The van der Waals surface area contributed by atoms with E-state index in [-0.39, 0.29) is 12.6 Å². The largest absolute Gasteiger partial charge is 0.463 e. The fourth-order valence-electron chi connectivity index (χ4n) is 3.02. The summed E-state index contributed by atoms with van der Waals surface area (Å²) in [6.45, 7) is 3.70. The Morgan fingerprint density at radius 1 is 1.07 bits per heavy atom. The van der Waals surface area contributed by atoms with Gasteiger partial charge >= 0.3 is 12.0 Å². The summed E-state index contributed by atoms with van der Waals surface area (Å²) >= 11 is 11.9. The first kappa shape index (κ1) is 19.3. The summed E-state index contributed by atoms with van der Waals surface area (Å²) < 4.78 is 5.24. The number of benzene rings is 2. The van der Waals surface area contributed by atoms with Gasteiger partial charge in [-0.3, -0.25) is 4.90 Å². The van der Waals surface area contributed by atoms with Crippen LogP contribution in [0.15, 0.2) is 59.8 Å². The second-order valence-corrected chi connectivity index (χ2v) is 6.84. The third-order valence-electron chi connectivity index (χ3n) is 4.27. The van der Waals surface area contributed by atoms with E-state index in [4.69, 9.17) is 27.9 Å². The van der Waals surface area contributed by atoms with Gasteiger partial charge in [0, 0.05) is 15.7 Å². The number of halogens is 2. The molecule has 0 saturated carbocycles. The molecule has 0 aliphatic carbocycles. The van der Waals surface area contributed by atoms with Crippen molar-refractivity contribution in [2.75, 3.05) is 11.5 Å². The van der Waals surface area contributed by atoms with E-state index in [1.54, 1.807) is 62.4 Å². The van der Waals surface area contributed by atoms with Crippen LogP contribution in [-0.2, 0) is 9.53 Å². The molecule has 0 fully saturated rings. The van der Waals surface area contributed by atoms with Crippen molar-refractivity contribution in [1.29, 1.82) is 0 Å². The number of allylic oxidation sites excluding steroid dienone is 1.